The van der Waals surface area contributed by atoms with E-state index in [9.17, 15) is 0 Å². The Bertz CT molecular complexity index is 522. The summed E-state index contributed by atoms with van der Waals surface area (Å²) in [5.74, 6) is 0. The van der Waals surface area contributed by atoms with Gasteiger partial charge in [-0.05, 0) is 25.1 Å². The standard InChI is InChI=1S/C14H18ClN3S/c1-3-5-11-13(9-16-4-2)19-14(18-11)12-7-6-10(15)8-17-12/h6-8,16H,3-5,9H2,1-2H3. The number of pyridine rings is 1. The number of nitrogens with one attached hydrogen (secondary N) is 1. The van der Waals surface area contributed by atoms with Crippen LogP contribution in [0, 0.1) is 0 Å². The highest BCUT2D eigenvalue weighted by atomic mass is 35.5. The van der Waals surface area contributed by atoms with Crippen molar-refractivity contribution in [2.75, 3.05) is 6.54 Å². The van der Waals surface area contributed by atoms with Crippen molar-refractivity contribution in [3.63, 3.8) is 0 Å². The van der Waals surface area contributed by atoms with E-state index in [0.29, 0.717) is 5.02 Å². The molecule has 0 saturated heterocycles. The lowest BCUT2D eigenvalue weighted by Crippen LogP contribution is -2.11. The van der Waals surface area contributed by atoms with Crippen molar-refractivity contribution >= 4 is 22.9 Å². The predicted molar refractivity (Wildman–Crippen MR) is 81.7 cm³/mol. The zero-order chi connectivity index (χ0) is 13.7. The Morgan fingerprint density at radius 3 is 2.79 bits per heavy atom. The molecule has 3 nitrogen and oxygen atoms in total. The van der Waals surface area contributed by atoms with E-state index in [0.717, 1.165) is 36.6 Å². The van der Waals surface area contributed by atoms with Gasteiger partial charge in [0.15, 0.2) is 0 Å². The largest absolute Gasteiger partial charge is 0.312 e. The highest BCUT2D eigenvalue weighted by Crippen LogP contribution is 2.28. The number of thiazole rings is 1. The number of nitrogens with zero attached hydrogens (tertiary/aromatic N) is 2. The summed E-state index contributed by atoms with van der Waals surface area (Å²) in [6.45, 7) is 6.15. The van der Waals surface area contributed by atoms with Gasteiger partial charge in [-0.25, -0.2) is 4.98 Å². The maximum Gasteiger partial charge on any atom is 0.142 e. The van der Waals surface area contributed by atoms with Crippen molar-refractivity contribution < 1.29 is 0 Å². The number of hydrogen-bond donors (Lipinski definition) is 1. The van der Waals surface area contributed by atoms with Crippen LogP contribution in [0.4, 0.5) is 0 Å². The van der Waals surface area contributed by atoms with Crippen LogP contribution in [0.2, 0.25) is 5.02 Å². The first-order chi connectivity index (χ1) is 9.24. The van der Waals surface area contributed by atoms with E-state index >= 15 is 0 Å². The summed E-state index contributed by atoms with van der Waals surface area (Å²) < 4.78 is 0. The molecule has 0 aliphatic heterocycles. The van der Waals surface area contributed by atoms with Crippen LogP contribution in [0.1, 0.15) is 30.8 Å². The molecule has 102 valence electrons. The summed E-state index contributed by atoms with van der Waals surface area (Å²) in [4.78, 5) is 10.4. The Labute approximate surface area is 123 Å². The summed E-state index contributed by atoms with van der Waals surface area (Å²) in [7, 11) is 0. The molecule has 5 heteroatoms. The zero-order valence-corrected chi connectivity index (χ0v) is 12.8. The molecular formula is C14H18ClN3S. The van der Waals surface area contributed by atoms with Gasteiger partial charge in [0.2, 0.25) is 0 Å². The first kappa shape index (κ1) is 14.4. The van der Waals surface area contributed by atoms with Gasteiger partial charge in [-0.2, -0.15) is 0 Å². The number of halogens is 1. The lowest BCUT2D eigenvalue weighted by molar-refractivity contribution is 0.723. The van der Waals surface area contributed by atoms with Gasteiger partial charge in [-0.15, -0.1) is 11.3 Å². The molecule has 0 aliphatic rings. The molecule has 2 rings (SSSR count). The molecule has 0 radical (unpaired) electrons. The zero-order valence-electron chi connectivity index (χ0n) is 11.2. The minimum absolute atomic E-state index is 0.655. The van der Waals surface area contributed by atoms with Gasteiger partial charge in [0.25, 0.3) is 0 Å². The minimum Gasteiger partial charge on any atom is -0.312 e. The van der Waals surface area contributed by atoms with E-state index in [-0.39, 0.29) is 0 Å². The Morgan fingerprint density at radius 1 is 1.32 bits per heavy atom. The molecule has 0 fully saturated rings. The molecule has 0 spiro atoms. The van der Waals surface area contributed by atoms with Crippen molar-refractivity contribution in [3.05, 3.63) is 33.9 Å². The highest BCUT2D eigenvalue weighted by molar-refractivity contribution is 7.15. The Kier molecular flexibility index (Phi) is 5.31. The average molecular weight is 296 g/mol. The summed E-state index contributed by atoms with van der Waals surface area (Å²) in [6, 6.07) is 3.78. The molecule has 0 aliphatic carbocycles. The second-order valence-corrected chi connectivity index (χ2v) is 5.80. The normalized spacial score (nSPS) is 10.9. The van der Waals surface area contributed by atoms with Crippen LogP contribution < -0.4 is 5.32 Å². The molecule has 0 saturated carbocycles. The fourth-order valence-electron chi connectivity index (χ4n) is 1.80. The van der Waals surface area contributed by atoms with Crippen molar-refractivity contribution in [2.24, 2.45) is 0 Å². The maximum absolute atomic E-state index is 5.86. The van der Waals surface area contributed by atoms with Gasteiger partial charge in [0.05, 0.1) is 16.4 Å². The number of aryl methyl sites for hydroxylation is 1. The first-order valence-electron chi connectivity index (χ1n) is 6.55. The van der Waals surface area contributed by atoms with Gasteiger partial charge in [-0.1, -0.05) is 31.9 Å². The van der Waals surface area contributed by atoms with Gasteiger partial charge in [0, 0.05) is 17.6 Å². The van der Waals surface area contributed by atoms with E-state index in [1.165, 1.54) is 10.6 Å². The van der Waals surface area contributed by atoms with Crippen molar-refractivity contribution in [1.29, 1.82) is 0 Å². The van der Waals surface area contributed by atoms with Gasteiger partial charge >= 0.3 is 0 Å². The third-order valence-corrected chi connectivity index (χ3v) is 4.09. The fourth-order valence-corrected chi connectivity index (χ4v) is 2.97. The lowest BCUT2D eigenvalue weighted by atomic mass is 10.2. The van der Waals surface area contributed by atoms with E-state index in [2.05, 4.69) is 24.1 Å². The van der Waals surface area contributed by atoms with Crippen LogP contribution in [0.5, 0.6) is 0 Å². The second kappa shape index (κ2) is 6.98. The van der Waals surface area contributed by atoms with Gasteiger partial charge in [-0.3, -0.25) is 4.98 Å². The topological polar surface area (TPSA) is 37.8 Å². The van der Waals surface area contributed by atoms with Gasteiger partial charge in [0.1, 0.15) is 5.01 Å². The molecule has 2 aromatic rings. The molecule has 2 heterocycles. The molecular weight excluding hydrogens is 278 g/mol. The monoisotopic (exact) mass is 295 g/mol. The van der Waals surface area contributed by atoms with Crippen molar-refractivity contribution in [1.82, 2.24) is 15.3 Å². The Morgan fingerprint density at radius 2 is 2.16 bits per heavy atom. The van der Waals surface area contributed by atoms with E-state index < -0.39 is 0 Å². The molecule has 1 N–H and O–H groups in total. The summed E-state index contributed by atoms with van der Waals surface area (Å²) in [5.41, 5.74) is 2.09. The van der Waals surface area contributed by atoms with Crippen LogP contribution in [-0.4, -0.2) is 16.5 Å². The van der Waals surface area contributed by atoms with E-state index in [1.807, 2.05) is 12.1 Å². The quantitative estimate of drug-likeness (QED) is 0.878. The van der Waals surface area contributed by atoms with Crippen LogP contribution in [-0.2, 0) is 13.0 Å². The number of aromatic nitrogens is 2. The maximum atomic E-state index is 5.86. The first-order valence-corrected chi connectivity index (χ1v) is 7.75. The predicted octanol–water partition coefficient (Wildman–Crippen LogP) is 3.92. The molecule has 0 bridgehead atoms. The smallest absolute Gasteiger partial charge is 0.142 e. The molecule has 0 unspecified atom stereocenters. The minimum atomic E-state index is 0.655. The third kappa shape index (κ3) is 3.75. The van der Waals surface area contributed by atoms with Gasteiger partial charge < -0.3 is 5.32 Å². The third-order valence-electron chi connectivity index (χ3n) is 2.75. The van der Waals surface area contributed by atoms with E-state index in [4.69, 9.17) is 16.6 Å². The summed E-state index contributed by atoms with van der Waals surface area (Å²) >= 11 is 7.58. The molecule has 0 aromatic carbocycles. The second-order valence-electron chi connectivity index (χ2n) is 4.28. The van der Waals surface area contributed by atoms with Crippen molar-refractivity contribution in [2.45, 2.75) is 33.2 Å². The number of rotatable bonds is 6. The highest BCUT2D eigenvalue weighted by Gasteiger charge is 2.12. The number of hydrogen-bond acceptors (Lipinski definition) is 4. The molecule has 0 atom stereocenters. The summed E-state index contributed by atoms with van der Waals surface area (Å²) in [6.07, 6.45) is 3.79. The van der Waals surface area contributed by atoms with E-state index in [1.54, 1.807) is 17.5 Å². The average Bonchev–Trinajstić information content (AvgIpc) is 2.81. The van der Waals surface area contributed by atoms with Crippen LogP contribution >= 0.6 is 22.9 Å². The SMILES string of the molecule is CCCc1nc(-c2ccc(Cl)cn2)sc1CNCC. The Balaban J connectivity index is 2.27. The molecule has 19 heavy (non-hydrogen) atoms. The lowest BCUT2D eigenvalue weighted by Gasteiger charge is -2.00. The summed E-state index contributed by atoms with van der Waals surface area (Å²) in [5, 5.41) is 5.00. The van der Waals surface area contributed by atoms with Crippen LogP contribution in [0.3, 0.4) is 0 Å². The fraction of sp³-hybridized carbons (Fsp3) is 0.429. The molecule has 2 aromatic heterocycles. The Hall–Kier alpha value is -0.970. The molecule has 0 amide bonds. The van der Waals surface area contributed by atoms with Crippen LogP contribution in [0.15, 0.2) is 18.3 Å². The van der Waals surface area contributed by atoms with Crippen LogP contribution in [0.25, 0.3) is 10.7 Å². The van der Waals surface area contributed by atoms with Crippen molar-refractivity contribution in [3.8, 4) is 10.7 Å².